The molecular formula is C23H22N2O5S. The number of aryl methyl sites for hydroxylation is 1. The molecule has 31 heavy (non-hydrogen) atoms. The average Bonchev–Trinajstić information content (AvgIpc) is 2.75. The third-order valence-corrected chi connectivity index (χ3v) is 5.56. The fraction of sp³-hybridized carbons (Fsp3) is 0.130. The van der Waals surface area contributed by atoms with Gasteiger partial charge in [0.05, 0.1) is 19.7 Å². The fourth-order valence-corrected chi connectivity index (χ4v) is 3.64. The van der Waals surface area contributed by atoms with Crippen molar-refractivity contribution in [2.75, 3.05) is 7.11 Å². The summed E-state index contributed by atoms with van der Waals surface area (Å²) in [4.78, 5) is 12.0. The standard InChI is InChI=1S/C23H22N2O5S/c1-17-8-11-20(12-9-17)31(27,28)30-21-13-10-19(14-22(21)29-2)16-24-25-23(26)15-18-6-4-3-5-7-18/h3-14,16H,15H2,1-2H3,(H,25,26). The summed E-state index contributed by atoms with van der Waals surface area (Å²) in [6.07, 6.45) is 1.65. The summed E-state index contributed by atoms with van der Waals surface area (Å²) >= 11 is 0. The van der Waals surface area contributed by atoms with Gasteiger partial charge in [0, 0.05) is 0 Å². The predicted molar refractivity (Wildman–Crippen MR) is 118 cm³/mol. The van der Waals surface area contributed by atoms with Crippen molar-refractivity contribution in [3.05, 3.63) is 89.5 Å². The highest BCUT2D eigenvalue weighted by Crippen LogP contribution is 2.30. The third-order valence-electron chi connectivity index (χ3n) is 4.31. The van der Waals surface area contributed by atoms with Gasteiger partial charge in [-0.2, -0.15) is 13.5 Å². The molecule has 3 rings (SSSR count). The van der Waals surface area contributed by atoms with Crippen LogP contribution >= 0.6 is 0 Å². The second-order valence-corrected chi connectivity index (χ2v) is 8.26. The molecule has 0 aromatic heterocycles. The first-order valence-corrected chi connectivity index (χ1v) is 10.8. The Morgan fingerprint density at radius 2 is 1.71 bits per heavy atom. The van der Waals surface area contributed by atoms with Crippen LogP contribution in [0.5, 0.6) is 11.5 Å². The van der Waals surface area contributed by atoms with Gasteiger partial charge >= 0.3 is 10.1 Å². The molecule has 0 fully saturated rings. The summed E-state index contributed by atoms with van der Waals surface area (Å²) in [7, 11) is -2.60. The van der Waals surface area contributed by atoms with Crippen LogP contribution in [-0.2, 0) is 21.3 Å². The molecule has 160 valence electrons. The number of hydrogen-bond acceptors (Lipinski definition) is 6. The number of nitrogens with one attached hydrogen (secondary N) is 1. The van der Waals surface area contributed by atoms with Crippen molar-refractivity contribution in [2.24, 2.45) is 5.10 Å². The molecule has 0 aliphatic heterocycles. The molecule has 0 bridgehead atoms. The summed E-state index contributed by atoms with van der Waals surface area (Å²) in [6.45, 7) is 1.87. The lowest BCUT2D eigenvalue weighted by molar-refractivity contribution is -0.120. The molecule has 3 aromatic rings. The van der Waals surface area contributed by atoms with E-state index in [1.54, 1.807) is 24.3 Å². The Hall–Kier alpha value is -3.65. The Balaban J connectivity index is 1.67. The summed E-state index contributed by atoms with van der Waals surface area (Å²) in [5, 5.41) is 3.93. The second-order valence-electron chi connectivity index (χ2n) is 6.72. The predicted octanol–water partition coefficient (Wildman–Crippen LogP) is 3.46. The zero-order valence-electron chi connectivity index (χ0n) is 17.1. The van der Waals surface area contributed by atoms with Gasteiger partial charge in [0.1, 0.15) is 4.90 Å². The van der Waals surface area contributed by atoms with E-state index in [1.807, 2.05) is 37.3 Å². The van der Waals surface area contributed by atoms with Crippen molar-refractivity contribution in [1.82, 2.24) is 5.43 Å². The van der Waals surface area contributed by atoms with Gasteiger partial charge in [-0.25, -0.2) is 5.43 Å². The lowest BCUT2D eigenvalue weighted by Crippen LogP contribution is -2.19. The minimum Gasteiger partial charge on any atom is -0.493 e. The van der Waals surface area contributed by atoms with Crippen molar-refractivity contribution in [1.29, 1.82) is 0 Å². The Bertz CT molecular complexity index is 1170. The average molecular weight is 439 g/mol. The van der Waals surface area contributed by atoms with Crippen LogP contribution in [0.3, 0.4) is 0 Å². The van der Waals surface area contributed by atoms with Crippen molar-refractivity contribution in [3.8, 4) is 11.5 Å². The molecule has 0 aliphatic rings. The van der Waals surface area contributed by atoms with Gasteiger partial charge in [-0.3, -0.25) is 4.79 Å². The van der Waals surface area contributed by atoms with Gasteiger partial charge < -0.3 is 8.92 Å². The number of carbonyl (C=O) groups is 1. The van der Waals surface area contributed by atoms with Gasteiger partial charge in [-0.15, -0.1) is 0 Å². The molecule has 0 saturated carbocycles. The lowest BCUT2D eigenvalue weighted by atomic mass is 10.1. The van der Waals surface area contributed by atoms with Crippen LogP contribution in [0.2, 0.25) is 0 Å². The molecule has 0 atom stereocenters. The number of hydrogen-bond donors (Lipinski definition) is 1. The van der Waals surface area contributed by atoms with E-state index < -0.39 is 10.1 Å². The molecular weight excluding hydrogens is 416 g/mol. The van der Waals surface area contributed by atoms with Gasteiger partial charge in [0.25, 0.3) is 0 Å². The highest BCUT2D eigenvalue weighted by molar-refractivity contribution is 7.87. The monoisotopic (exact) mass is 438 g/mol. The smallest absolute Gasteiger partial charge is 0.339 e. The molecule has 7 nitrogen and oxygen atoms in total. The van der Waals surface area contributed by atoms with Crippen LogP contribution in [0, 0.1) is 6.92 Å². The quantitative estimate of drug-likeness (QED) is 0.330. The van der Waals surface area contributed by atoms with E-state index in [2.05, 4.69) is 10.5 Å². The van der Waals surface area contributed by atoms with Crippen LogP contribution in [0.15, 0.2) is 82.8 Å². The molecule has 3 aromatic carbocycles. The van der Waals surface area contributed by atoms with E-state index in [0.29, 0.717) is 5.56 Å². The van der Waals surface area contributed by atoms with Crippen molar-refractivity contribution < 1.29 is 22.1 Å². The summed E-state index contributed by atoms with van der Waals surface area (Å²) < 4.78 is 35.5. The lowest BCUT2D eigenvalue weighted by Gasteiger charge is -2.11. The Kier molecular flexibility index (Phi) is 7.04. The maximum absolute atomic E-state index is 12.5. The summed E-state index contributed by atoms with van der Waals surface area (Å²) in [5.41, 5.74) is 4.88. The molecule has 8 heteroatoms. The van der Waals surface area contributed by atoms with Crippen LogP contribution in [-0.4, -0.2) is 27.6 Å². The zero-order valence-corrected chi connectivity index (χ0v) is 17.9. The molecule has 0 heterocycles. The number of benzene rings is 3. The van der Waals surface area contributed by atoms with Crippen LogP contribution in [0.25, 0.3) is 0 Å². The molecule has 0 spiro atoms. The van der Waals surface area contributed by atoms with E-state index in [9.17, 15) is 13.2 Å². The van der Waals surface area contributed by atoms with Crippen molar-refractivity contribution >= 4 is 22.2 Å². The third kappa shape index (κ3) is 6.16. The SMILES string of the molecule is COc1cc(C=NNC(=O)Cc2ccccc2)ccc1OS(=O)(=O)c1ccc(C)cc1. The fourth-order valence-electron chi connectivity index (χ4n) is 2.70. The minimum atomic E-state index is -4.00. The highest BCUT2D eigenvalue weighted by Gasteiger charge is 2.19. The maximum Gasteiger partial charge on any atom is 0.339 e. The van der Waals surface area contributed by atoms with E-state index in [-0.39, 0.29) is 28.7 Å². The second kappa shape index (κ2) is 9.90. The minimum absolute atomic E-state index is 0.0481. The molecule has 1 N–H and O–H groups in total. The molecule has 0 radical (unpaired) electrons. The van der Waals surface area contributed by atoms with Crippen molar-refractivity contribution in [3.63, 3.8) is 0 Å². The number of carbonyl (C=O) groups excluding carboxylic acids is 1. The van der Waals surface area contributed by atoms with Gasteiger partial charge in [0.2, 0.25) is 5.91 Å². The molecule has 0 saturated heterocycles. The number of ether oxygens (including phenoxy) is 1. The normalized spacial score (nSPS) is 11.3. The maximum atomic E-state index is 12.5. The molecule has 1 amide bonds. The van der Waals surface area contributed by atoms with Crippen molar-refractivity contribution in [2.45, 2.75) is 18.2 Å². The number of amides is 1. The van der Waals surface area contributed by atoms with Gasteiger partial charge in [-0.1, -0.05) is 48.0 Å². The first kappa shape index (κ1) is 22.0. The first-order valence-electron chi connectivity index (χ1n) is 9.42. The van der Waals surface area contributed by atoms with E-state index in [0.717, 1.165) is 11.1 Å². The molecule has 0 aliphatic carbocycles. The number of nitrogens with zero attached hydrogens (tertiary/aromatic N) is 1. The molecule has 0 unspecified atom stereocenters. The van der Waals surface area contributed by atoms with E-state index in [1.165, 1.54) is 31.5 Å². The van der Waals surface area contributed by atoms with Crippen LogP contribution in [0.1, 0.15) is 16.7 Å². The van der Waals surface area contributed by atoms with Gasteiger partial charge in [0.15, 0.2) is 11.5 Å². The van der Waals surface area contributed by atoms with Crippen LogP contribution in [0.4, 0.5) is 0 Å². The zero-order chi connectivity index (χ0) is 22.3. The van der Waals surface area contributed by atoms with Gasteiger partial charge in [-0.05, 0) is 48.4 Å². The van der Waals surface area contributed by atoms with E-state index in [4.69, 9.17) is 8.92 Å². The largest absolute Gasteiger partial charge is 0.493 e. The summed E-state index contributed by atoms with van der Waals surface area (Å²) in [6, 6.07) is 20.3. The Labute approximate surface area is 181 Å². The number of methoxy groups -OCH3 is 1. The number of hydrazone groups is 1. The Morgan fingerprint density at radius 3 is 2.39 bits per heavy atom. The van der Waals surface area contributed by atoms with E-state index >= 15 is 0 Å². The Morgan fingerprint density at radius 1 is 1.00 bits per heavy atom. The number of rotatable bonds is 8. The van der Waals surface area contributed by atoms with Crippen LogP contribution < -0.4 is 14.3 Å². The summed E-state index contributed by atoms with van der Waals surface area (Å²) in [5.74, 6) is 0.0159. The first-order chi connectivity index (χ1) is 14.9. The highest BCUT2D eigenvalue weighted by atomic mass is 32.2. The topological polar surface area (TPSA) is 94.1 Å².